The Balaban J connectivity index is 2.46. The van der Waals surface area contributed by atoms with Crippen molar-refractivity contribution in [3.63, 3.8) is 0 Å². The van der Waals surface area contributed by atoms with Crippen molar-refractivity contribution in [3.05, 3.63) is 46.4 Å². The normalized spacial score (nSPS) is 12.4. The van der Waals surface area contributed by atoms with Gasteiger partial charge in [-0.05, 0) is 23.1 Å². The topological polar surface area (TPSA) is 0 Å². The summed E-state index contributed by atoms with van der Waals surface area (Å²) < 4.78 is 3.94. The maximum Gasteiger partial charge on any atom is 0.0392 e. The highest BCUT2D eigenvalue weighted by Gasteiger charge is 2.18. The first-order valence-electron chi connectivity index (χ1n) is 6.08. The van der Waals surface area contributed by atoms with Gasteiger partial charge in [0.2, 0.25) is 0 Å². The van der Waals surface area contributed by atoms with E-state index in [0.717, 1.165) is 4.47 Å². The molecule has 3 aromatic rings. The minimum atomic E-state index is 0.192. The summed E-state index contributed by atoms with van der Waals surface area (Å²) in [7, 11) is 0. The first-order chi connectivity index (χ1) is 8.47. The molecule has 1 heterocycles. The van der Waals surface area contributed by atoms with Crippen LogP contribution in [-0.4, -0.2) is 0 Å². The Morgan fingerprint density at radius 2 is 1.78 bits per heavy atom. The fourth-order valence-electron chi connectivity index (χ4n) is 2.36. The number of halogens is 1. The molecule has 18 heavy (non-hydrogen) atoms. The molecule has 0 amide bonds. The predicted molar refractivity (Wildman–Crippen MR) is 85.7 cm³/mol. The number of hydrogen-bond donors (Lipinski definition) is 0. The van der Waals surface area contributed by atoms with E-state index in [-0.39, 0.29) is 5.41 Å². The quantitative estimate of drug-likeness (QED) is 0.468. The van der Waals surface area contributed by atoms with Crippen LogP contribution in [-0.2, 0) is 5.41 Å². The summed E-state index contributed by atoms with van der Waals surface area (Å²) in [6.45, 7) is 6.84. The first kappa shape index (κ1) is 12.2. The van der Waals surface area contributed by atoms with Crippen molar-refractivity contribution in [2.24, 2.45) is 0 Å². The fourth-order valence-corrected chi connectivity index (χ4v) is 4.34. The molecule has 0 unspecified atom stereocenters. The van der Waals surface area contributed by atoms with Crippen LogP contribution in [0.1, 0.15) is 26.3 Å². The van der Waals surface area contributed by atoms with Crippen molar-refractivity contribution in [1.82, 2.24) is 0 Å². The van der Waals surface area contributed by atoms with Crippen molar-refractivity contribution in [1.29, 1.82) is 0 Å². The molecule has 0 aliphatic rings. The summed E-state index contributed by atoms with van der Waals surface area (Å²) in [6, 6.07) is 13.2. The van der Waals surface area contributed by atoms with Crippen LogP contribution in [0.3, 0.4) is 0 Å². The standard InChI is InChI=1S/C16H15BrS/c1-16(2,3)13-6-4-5-12-11-8-7-10(17)9-14(11)18-15(12)13/h4-9H,1-3H3. The van der Waals surface area contributed by atoms with E-state index in [2.05, 4.69) is 73.1 Å². The molecule has 0 fully saturated rings. The smallest absolute Gasteiger partial charge is 0.0392 e. The van der Waals surface area contributed by atoms with Crippen LogP contribution in [0.2, 0.25) is 0 Å². The van der Waals surface area contributed by atoms with Gasteiger partial charge in [0.15, 0.2) is 0 Å². The molecule has 2 heteroatoms. The van der Waals surface area contributed by atoms with Crippen LogP contribution in [0, 0.1) is 0 Å². The molecule has 2 aromatic carbocycles. The van der Waals surface area contributed by atoms with Crippen molar-refractivity contribution in [2.75, 3.05) is 0 Å². The average Bonchev–Trinajstić information content (AvgIpc) is 2.64. The van der Waals surface area contributed by atoms with Gasteiger partial charge in [0, 0.05) is 24.6 Å². The predicted octanol–water partition coefficient (Wildman–Crippen LogP) is 6.11. The van der Waals surface area contributed by atoms with Gasteiger partial charge >= 0.3 is 0 Å². The number of benzene rings is 2. The van der Waals surface area contributed by atoms with Crippen LogP contribution in [0.5, 0.6) is 0 Å². The van der Waals surface area contributed by atoms with Gasteiger partial charge in [-0.1, -0.05) is 61.0 Å². The summed E-state index contributed by atoms with van der Waals surface area (Å²) in [4.78, 5) is 0. The second-order valence-corrected chi connectivity index (χ2v) is 7.64. The molecule has 0 aliphatic carbocycles. The lowest BCUT2D eigenvalue weighted by Crippen LogP contribution is -2.10. The van der Waals surface area contributed by atoms with E-state index < -0.39 is 0 Å². The second kappa shape index (κ2) is 4.07. The number of hydrogen-bond acceptors (Lipinski definition) is 1. The molecular formula is C16H15BrS. The molecule has 3 rings (SSSR count). The van der Waals surface area contributed by atoms with Crippen LogP contribution >= 0.6 is 27.3 Å². The Kier molecular flexibility index (Phi) is 2.76. The summed E-state index contributed by atoms with van der Waals surface area (Å²) in [5, 5.41) is 2.75. The molecule has 92 valence electrons. The molecule has 0 nitrogen and oxygen atoms in total. The fraction of sp³-hybridized carbons (Fsp3) is 0.250. The Bertz CT molecular complexity index is 732. The van der Waals surface area contributed by atoms with E-state index in [9.17, 15) is 0 Å². The van der Waals surface area contributed by atoms with Crippen LogP contribution in [0.15, 0.2) is 40.9 Å². The third-order valence-corrected chi connectivity index (χ3v) is 4.96. The largest absolute Gasteiger partial charge is 0.135 e. The summed E-state index contributed by atoms with van der Waals surface area (Å²) in [5.74, 6) is 0. The van der Waals surface area contributed by atoms with Crippen molar-refractivity contribution in [2.45, 2.75) is 26.2 Å². The molecule has 0 N–H and O–H groups in total. The van der Waals surface area contributed by atoms with E-state index in [1.54, 1.807) is 0 Å². The van der Waals surface area contributed by atoms with E-state index in [1.807, 2.05) is 11.3 Å². The van der Waals surface area contributed by atoms with Crippen molar-refractivity contribution < 1.29 is 0 Å². The third kappa shape index (κ3) is 1.88. The van der Waals surface area contributed by atoms with Gasteiger partial charge in [0.1, 0.15) is 0 Å². The lowest BCUT2D eigenvalue weighted by atomic mass is 9.86. The molecule has 0 spiro atoms. The highest BCUT2D eigenvalue weighted by atomic mass is 79.9. The van der Waals surface area contributed by atoms with Crippen molar-refractivity contribution in [3.8, 4) is 0 Å². The van der Waals surface area contributed by atoms with E-state index in [4.69, 9.17) is 0 Å². The summed E-state index contributed by atoms with van der Waals surface area (Å²) in [5.41, 5.74) is 1.63. The van der Waals surface area contributed by atoms with Gasteiger partial charge in [-0.25, -0.2) is 0 Å². The van der Waals surface area contributed by atoms with Crippen LogP contribution in [0.25, 0.3) is 20.2 Å². The molecule has 1 aromatic heterocycles. The molecule has 0 bridgehead atoms. The van der Waals surface area contributed by atoms with Gasteiger partial charge in [-0.2, -0.15) is 0 Å². The highest BCUT2D eigenvalue weighted by Crippen LogP contribution is 2.40. The lowest BCUT2D eigenvalue weighted by molar-refractivity contribution is 0.597. The molecular weight excluding hydrogens is 304 g/mol. The zero-order valence-electron chi connectivity index (χ0n) is 10.8. The maximum atomic E-state index is 3.55. The van der Waals surface area contributed by atoms with Gasteiger partial charge in [0.05, 0.1) is 0 Å². The van der Waals surface area contributed by atoms with E-state index >= 15 is 0 Å². The van der Waals surface area contributed by atoms with Gasteiger partial charge in [-0.3, -0.25) is 0 Å². The Hall–Kier alpha value is -0.860. The highest BCUT2D eigenvalue weighted by molar-refractivity contribution is 9.10. The summed E-state index contributed by atoms with van der Waals surface area (Å²) in [6.07, 6.45) is 0. The van der Waals surface area contributed by atoms with Gasteiger partial charge in [-0.15, -0.1) is 11.3 Å². The summed E-state index contributed by atoms with van der Waals surface area (Å²) >= 11 is 5.45. The zero-order chi connectivity index (χ0) is 12.9. The van der Waals surface area contributed by atoms with Gasteiger partial charge < -0.3 is 0 Å². The Morgan fingerprint density at radius 3 is 2.50 bits per heavy atom. The molecule has 0 saturated heterocycles. The maximum absolute atomic E-state index is 3.55. The minimum Gasteiger partial charge on any atom is -0.135 e. The van der Waals surface area contributed by atoms with E-state index in [1.165, 1.54) is 25.7 Å². The minimum absolute atomic E-state index is 0.192. The van der Waals surface area contributed by atoms with Crippen LogP contribution < -0.4 is 0 Å². The lowest BCUT2D eigenvalue weighted by Gasteiger charge is -2.19. The van der Waals surface area contributed by atoms with Crippen LogP contribution in [0.4, 0.5) is 0 Å². The molecule has 0 atom stereocenters. The first-order valence-corrected chi connectivity index (χ1v) is 7.69. The SMILES string of the molecule is CC(C)(C)c1cccc2c1sc1cc(Br)ccc12. The van der Waals surface area contributed by atoms with Gasteiger partial charge in [0.25, 0.3) is 0 Å². The molecule has 0 saturated carbocycles. The Morgan fingerprint density at radius 1 is 1.00 bits per heavy atom. The third-order valence-electron chi connectivity index (χ3n) is 3.27. The number of fused-ring (bicyclic) bond motifs is 3. The van der Waals surface area contributed by atoms with Crippen molar-refractivity contribution >= 4 is 47.4 Å². The Labute approximate surface area is 120 Å². The zero-order valence-corrected chi connectivity index (χ0v) is 13.2. The molecule has 0 aliphatic heterocycles. The number of thiophene rings is 1. The second-order valence-electron chi connectivity index (χ2n) is 5.67. The molecule has 0 radical (unpaired) electrons. The number of rotatable bonds is 0. The monoisotopic (exact) mass is 318 g/mol. The average molecular weight is 319 g/mol. The van der Waals surface area contributed by atoms with E-state index in [0.29, 0.717) is 0 Å².